The lowest BCUT2D eigenvalue weighted by Crippen LogP contribution is -2.02. The van der Waals surface area contributed by atoms with Crippen molar-refractivity contribution in [2.24, 2.45) is 0 Å². The monoisotopic (exact) mass is 223 g/mol. The predicted octanol–water partition coefficient (Wildman–Crippen LogP) is 3.61. The number of hydrogen-bond donors (Lipinski definition) is 1. The van der Waals surface area contributed by atoms with E-state index in [4.69, 9.17) is 5.73 Å². The highest BCUT2D eigenvalue weighted by Crippen LogP contribution is 2.31. The van der Waals surface area contributed by atoms with Gasteiger partial charge in [0.15, 0.2) is 0 Å². The fourth-order valence-corrected chi connectivity index (χ4v) is 2.78. The summed E-state index contributed by atoms with van der Waals surface area (Å²) in [6.45, 7) is 0. The first-order valence-corrected chi connectivity index (χ1v) is 6.02. The average molecular weight is 223 g/mol. The zero-order chi connectivity index (χ0) is 10.7. The quantitative estimate of drug-likeness (QED) is 0.612. The second kappa shape index (κ2) is 4.71. The Morgan fingerprint density at radius 1 is 1.40 bits per heavy atom. The highest BCUT2D eigenvalue weighted by atomic mass is 32.2. The normalized spacial score (nSPS) is 20.5. The topological polar surface area (TPSA) is 26.0 Å². The number of thioether (sulfide) groups is 1. The van der Waals surface area contributed by atoms with Crippen LogP contribution in [-0.2, 0) is 0 Å². The van der Waals surface area contributed by atoms with Gasteiger partial charge >= 0.3 is 0 Å². The summed E-state index contributed by atoms with van der Waals surface area (Å²) in [4.78, 5) is 0.957. The molecule has 2 N–H and O–H groups in total. The van der Waals surface area contributed by atoms with Crippen molar-refractivity contribution in [2.75, 3.05) is 5.73 Å². The minimum absolute atomic E-state index is 0.221. The van der Waals surface area contributed by atoms with Gasteiger partial charge in [-0.05, 0) is 37.5 Å². The third kappa shape index (κ3) is 2.75. The Kier molecular flexibility index (Phi) is 3.31. The average Bonchev–Trinajstić information content (AvgIpc) is 2.25. The summed E-state index contributed by atoms with van der Waals surface area (Å²) in [5.41, 5.74) is 5.64. The van der Waals surface area contributed by atoms with E-state index in [1.807, 2.05) is 6.07 Å². The molecule has 0 heterocycles. The van der Waals surface area contributed by atoms with Gasteiger partial charge in [0.1, 0.15) is 5.82 Å². The maximum absolute atomic E-state index is 13.2. The first kappa shape index (κ1) is 10.6. The van der Waals surface area contributed by atoms with Crippen molar-refractivity contribution in [1.82, 2.24) is 0 Å². The third-order valence-electron chi connectivity index (χ3n) is 2.47. The molecule has 0 aliphatic heterocycles. The zero-order valence-corrected chi connectivity index (χ0v) is 9.27. The SMILES string of the molecule is Nc1ccc(SC2C=CCCC2)cc1F. The number of anilines is 1. The van der Waals surface area contributed by atoms with Crippen molar-refractivity contribution in [1.29, 1.82) is 0 Å². The first-order chi connectivity index (χ1) is 7.25. The number of benzene rings is 1. The van der Waals surface area contributed by atoms with E-state index in [0.717, 1.165) is 4.90 Å². The van der Waals surface area contributed by atoms with Gasteiger partial charge in [-0.2, -0.15) is 0 Å². The molecule has 15 heavy (non-hydrogen) atoms. The second-order valence-electron chi connectivity index (χ2n) is 3.70. The van der Waals surface area contributed by atoms with Gasteiger partial charge in [0, 0.05) is 10.1 Å². The number of allylic oxidation sites excluding steroid dienone is 1. The summed E-state index contributed by atoms with van der Waals surface area (Å²) >= 11 is 1.71. The molecule has 0 aromatic heterocycles. The maximum Gasteiger partial charge on any atom is 0.147 e. The third-order valence-corrected chi connectivity index (χ3v) is 3.69. The van der Waals surface area contributed by atoms with Crippen LogP contribution >= 0.6 is 11.8 Å². The first-order valence-electron chi connectivity index (χ1n) is 5.14. The van der Waals surface area contributed by atoms with E-state index in [1.165, 1.54) is 25.3 Å². The van der Waals surface area contributed by atoms with Crippen LogP contribution in [0.25, 0.3) is 0 Å². The van der Waals surface area contributed by atoms with Gasteiger partial charge in [0.2, 0.25) is 0 Å². The summed E-state index contributed by atoms with van der Waals surface area (Å²) in [5.74, 6) is -0.320. The van der Waals surface area contributed by atoms with Crippen LogP contribution in [0, 0.1) is 5.82 Å². The minimum atomic E-state index is -0.320. The van der Waals surface area contributed by atoms with Crippen LogP contribution in [0.4, 0.5) is 10.1 Å². The molecule has 1 aliphatic rings. The molecule has 0 radical (unpaired) electrons. The van der Waals surface area contributed by atoms with Gasteiger partial charge in [0.05, 0.1) is 5.69 Å². The summed E-state index contributed by atoms with van der Waals surface area (Å²) in [7, 11) is 0. The summed E-state index contributed by atoms with van der Waals surface area (Å²) in [6.07, 6.45) is 7.99. The van der Waals surface area contributed by atoms with Crippen molar-refractivity contribution < 1.29 is 4.39 Å². The molecule has 0 fully saturated rings. The van der Waals surface area contributed by atoms with Crippen LogP contribution in [-0.4, -0.2) is 5.25 Å². The summed E-state index contributed by atoms with van der Waals surface area (Å²) in [5, 5.41) is 0.488. The molecule has 0 amide bonds. The molecule has 1 aliphatic carbocycles. The maximum atomic E-state index is 13.2. The van der Waals surface area contributed by atoms with Crippen LogP contribution in [0.2, 0.25) is 0 Å². The number of halogens is 1. The van der Waals surface area contributed by atoms with Gasteiger partial charge in [-0.15, -0.1) is 11.8 Å². The predicted molar refractivity (Wildman–Crippen MR) is 63.4 cm³/mol. The van der Waals surface area contributed by atoms with Crippen molar-refractivity contribution in [3.63, 3.8) is 0 Å². The molecule has 80 valence electrons. The van der Waals surface area contributed by atoms with E-state index < -0.39 is 0 Å². The Bertz CT molecular complexity index is 376. The number of nitrogens with two attached hydrogens (primary N) is 1. The van der Waals surface area contributed by atoms with Crippen LogP contribution in [0.3, 0.4) is 0 Å². The molecule has 1 aromatic carbocycles. The van der Waals surface area contributed by atoms with Crippen LogP contribution < -0.4 is 5.73 Å². The van der Waals surface area contributed by atoms with E-state index in [1.54, 1.807) is 17.8 Å². The van der Waals surface area contributed by atoms with Crippen LogP contribution in [0.1, 0.15) is 19.3 Å². The lowest BCUT2D eigenvalue weighted by atomic mass is 10.1. The fraction of sp³-hybridized carbons (Fsp3) is 0.333. The summed E-state index contributed by atoms with van der Waals surface area (Å²) in [6, 6.07) is 5.03. The number of hydrogen-bond acceptors (Lipinski definition) is 2. The van der Waals surface area contributed by atoms with Crippen LogP contribution in [0.15, 0.2) is 35.2 Å². The summed E-state index contributed by atoms with van der Waals surface area (Å²) < 4.78 is 13.2. The highest BCUT2D eigenvalue weighted by Gasteiger charge is 2.10. The van der Waals surface area contributed by atoms with Gasteiger partial charge in [0.25, 0.3) is 0 Å². The number of nitrogen functional groups attached to an aromatic ring is 1. The molecule has 1 unspecified atom stereocenters. The smallest absolute Gasteiger partial charge is 0.147 e. The van der Waals surface area contributed by atoms with Crippen molar-refractivity contribution >= 4 is 17.4 Å². The van der Waals surface area contributed by atoms with Crippen molar-refractivity contribution in [2.45, 2.75) is 29.4 Å². The van der Waals surface area contributed by atoms with E-state index in [9.17, 15) is 4.39 Å². The Hall–Kier alpha value is -0.960. The molecule has 1 atom stereocenters. The van der Waals surface area contributed by atoms with E-state index in [2.05, 4.69) is 12.2 Å². The molecule has 0 spiro atoms. The van der Waals surface area contributed by atoms with Crippen molar-refractivity contribution in [3.05, 3.63) is 36.2 Å². The van der Waals surface area contributed by atoms with Crippen LogP contribution in [0.5, 0.6) is 0 Å². The second-order valence-corrected chi connectivity index (χ2v) is 5.01. The van der Waals surface area contributed by atoms with E-state index in [-0.39, 0.29) is 11.5 Å². The molecule has 0 bridgehead atoms. The lowest BCUT2D eigenvalue weighted by molar-refractivity contribution is 0.629. The zero-order valence-electron chi connectivity index (χ0n) is 8.45. The number of rotatable bonds is 2. The standard InChI is InChI=1S/C12H14FNS/c13-11-8-10(6-7-12(11)14)15-9-4-2-1-3-5-9/h2,4,6-9H,1,3,5,14H2. The Balaban J connectivity index is 2.07. The molecule has 1 nitrogen and oxygen atoms in total. The largest absolute Gasteiger partial charge is 0.396 e. The minimum Gasteiger partial charge on any atom is -0.396 e. The Morgan fingerprint density at radius 3 is 2.93 bits per heavy atom. The van der Waals surface area contributed by atoms with Gasteiger partial charge < -0.3 is 5.73 Å². The van der Waals surface area contributed by atoms with Gasteiger partial charge in [-0.3, -0.25) is 0 Å². The molecule has 1 aromatic rings. The molecular formula is C12H14FNS. The molecule has 0 saturated carbocycles. The highest BCUT2D eigenvalue weighted by molar-refractivity contribution is 8.00. The van der Waals surface area contributed by atoms with Gasteiger partial charge in [-0.25, -0.2) is 4.39 Å². The van der Waals surface area contributed by atoms with E-state index in [0.29, 0.717) is 5.25 Å². The molecule has 0 saturated heterocycles. The van der Waals surface area contributed by atoms with E-state index >= 15 is 0 Å². The Morgan fingerprint density at radius 2 is 2.27 bits per heavy atom. The van der Waals surface area contributed by atoms with Gasteiger partial charge in [-0.1, -0.05) is 12.2 Å². The molecule has 2 rings (SSSR count). The Labute approximate surface area is 93.6 Å². The lowest BCUT2D eigenvalue weighted by Gasteiger charge is -2.15. The molecular weight excluding hydrogens is 209 g/mol. The molecule has 3 heteroatoms. The van der Waals surface area contributed by atoms with Crippen molar-refractivity contribution in [3.8, 4) is 0 Å². The fourth-order valence-electron chi connectivity index (χ4n) is 1.64.